The molecule has 3 aromatic rings. The predicted molar refractivity (Wildman–Crippen MR) is 99.4 cm³/mol. The molecule has 0 aliphatic carbocycles. The van der Waals surface area contributed by atoms with Gasteiger partial charge in [-0.3, -0.25) is 0 Å². The highest BCUT2D eigenvalue weighted by Gasteiger charge is 2.17. The number of hydrogen-bond acceptors (Lipinski definition) is 4. The molecule has 130 valence electrons. The summed E-state index contributed by atoms with van der Waals surface area (Å²) in [5, 5.41) is 9.50. The zero-order chi connectivity index (χ0) is 18.5. The lowest BCUT2D eigenvalue weighted by Gasteiger charge is -1.99. The quantitative estimate of drug-likeness (QED) is 0.369. The largest absolute Gasteiger partial charge is 0.477 e. The van der Waals surface area contributed by atoms with Crippen LogP contribution in [0.4, 0.5) is 5.69 Å². The maximum absolute atomic E-state index is 11.6. The third-order valence-corrected chi connectivity index (χ3v) is 3.48. The first-order valence-electron chi connectivity index (χ1n) is 7.69. The van der Waals surface area contributed by atoms with Crippen LogP contribution in [0.3, 0.4) is 0 Å². The van der Waals surface area contributed by atoms with Gasteiger partial charge in [0.2, 0.25) is 5.89 Å². The van der Waals surface area contributed by atoms with E-state index in [0.717, 1.165) is 5.56 Å². The summed E-state index contributed by atoms with van der Waals surface area (Å²) in [5.41, 5.74) is 13.2. The number of hydrogen-bond donors (Lipinski definition) is 3. The van der Waals surface area contributed by atoms with Gasteiger partial charge in [0, 0.05) is 5.56 Å². The molecule has 7 nitrogen and oxygen atoms in total. The SMILES string of the molecule is NC(N)=Nc1cccc(-c2coc(C(=Cc3ccccc3)C(=O)O)n2)c1. The van der Waals surface area contributed by atoms with Gasteiger partial charge in [-0.05, 0) is 23.8 Å². The molecule has 5 N–H and O–H groups in total. The summed E-state index contributed by atoms with van der Waals surface area (Å²) in [5.74, 6) is -1.16. The number of benzene rings is 2. The third-order valence-electron chi connectivity index (χ3n) is 3.48. The Bertz CT molecular complexity index is 987. The first-order chi connectivity index (χ1) is 12.5. The van der Waals surface area contributed by atoms with Crippen LogP contribution in [0.2, 0.25) is 0 Å². The number of carbonyl (C=O) groups is 1. The zero-order valence-electron chi connectivity index (χ0n) is 13.7. The molecule has 0 saturated carbocycles. The van der Waals surface area contributed by atoms with Crippen LogP contribution in [-0.2, 0) is 4.79 Å². The second-order valence-electron chi connectivity index (χ2n) is 5.40. The highest BCUT2D eigenvalue weighted by Crippen LogP contribution is 2.26. The van der Waals surface area contributed by atoms with E-state index in [2.05, 4.69) is 9.98 Å². The fraction of sp³-hybridized carbons (Fsp3) is 0. The molecular formula is C19H16N4O3. The third kappa shape index (κ3) is 3.96. The predicted octanol–water partition coefficient (Wildman–Crippen LogP) is 2.87. The van der Waals surface area contributed by atoms with Crippen molar-refractivity contribution in [1.29, 1.82) is 0 Å². The molecule has 0 fully saturated rings. The molecule has 0 bridgehead atoms. The smallest absolute Gasteiger partial charge is 0.341 e. The molecule has 0 atom stereocenters. The minimum absolute atomic E-state index is 0.0172. The summed E-state index contributed by atoms with van der Waals surface area (Å²) in [4.78, 5) is 19.9. The lowest BCUT2D eigenvalue weighted by Crippen LogP contribution is -2.21. The normalized spacial score (nSPS) is 11.2. The van der Waals surface area contributed by atoms with E-state index in [9.17, 15) is 9.90 Å². The standard InChI is InChI=1S/C19H16N4O3/c20-19(21)22-14-8-4-7-13(10-14)16-11-26-17(23-16)15(18(24)25)9-12-5-2-1-3-6-12/h1-11H,(H,24,25)(H4,20,21,22). The van der Waals surface area contributed by atoms with Gasteiger partial charge in [-0.25, -0.2) is 14.8 Å². The molecule has 0 amide bonds. The van der Waals surface area contributed by atoms with Crippen molar-refractivity contribution < 1.29 is 14.3 Å². The molecule has 3 rings (SSSR count). The van der Waals surface area contributed by atoms with Crippen molar-refractivity contribution >= 4 is 29.3 Å². The van der Waals surface area contributed by atoms with Crippen LogP contribution in [0.15, 0.2) is 70.3 Å². The molecule has 0 unspecified atom stereocenters. The fourth-order valence-corrected chi connectivity index (χ4v) is 2.34. The lowest BCUT2D eigenvalue weighted by molar-refractivity contribution is -0.130. The van der Waals surface area contributed by atoms with E-state index in [4.69, 9.17) is 15.9 Å². The van der Waals surface area contributed by atoms with Crippen molar-refractivity contribution in [3.8, 4) is 11.3 Å². The molecule has 26 heavy (non-hydrogen) atoms. The van der Waals surface area contributed by atoms with Gasteiger partial charge < -0.3 is 21.0 Å². The van der Waals surface area contributed by atoms with Gasteiger partial charge in [0.05, 0.1) is 5.69 Å². The van der Waals surface area contributed by atoms with E-state index >= 15 is 0 Å². The van der Waals surface area contributed by atoms with Crippen LogP contribution in [0, 0.1) is 0 Å². The summed E-state index contributed by atoms with van der Waals surface area (Å²) in [7, 11) is 0. The Morgan fingerprint density at radius 1 is 1.12 bits per heavy atom. The number of aliphatic imine (C=N–C) groups is 1. The number of carboxylic acids is 1. The lowest BCUT2D eigenvalue weighted by atomic mass is 10.1. The second kappa shape index (κ2) is 7.35. The molecule has 7 heteroatoms. The number of nitrogens with zero attached hydrogens (tertiary/aromatic N) is 2. The molecular weight excluding hydrogens is 332 g/mol. The maximum atomic E-state index is 11.6. The first kappa shape index (κ1) is 17.0. The first-order valence-corrected chi connectivity index (χ1v) is 7.69. The molecule has 0 saturated heterocycles. The second-order valence-corrected chi connectivity index (χ2v) is 5.40. The summed E-state index contributed by atoms with van der Waals surface area (Å²) < 4.78 is 5.39. The van der Waals surface area contributed by atoms with E-state index in [-0.39, 0.29) is 17.4 Å². The highest BCUT2D eigenvalue weighted by molar-refractivity contribution is 6.19. The average molecular weight is 348 g/mol. The van der Waals surface area contributed by atoms with Gasteiger partial charge in [-0.15, -0.1) is 0 Å². The van der Waals surface area contributed by atoms with E-state index in [1.807, 2.05) is 18.2 Å². The van der Waals surface area contributed by atoms with Crippen molar-refractivity contribution in [3.05, 3.63) is 72.3 Å². The van der Waals surface area contributed by atoms with Crippen LogP contribution >= 0.6 is 0 Å². The van der Waals surface area contributed by atoms with E-state index < -0.39 is 5.97 Å². The van der Waals surface area contributed by atoms with Crippen molar-refractivity contribution in [3.63, 3.8) is 0 Å². The molecule has 1 aromatic heterocycles. The van der Waals surface area contributed by atoms with Gasteiger partial charge in [0.25, 0.3) is 0 Å². The Morgan fingerprint density at radius 2 is 1.88 bits per heavy atom. The Labute approximate surface area is 149 Å². The molecule has 0 aliphatic rings. The van der Waals surface area contributed by atoms with Crippen LogP contribution in [-0.4, -0.2) is 22.0 Å². The number of aliphatic carboxylic acids is 1. The van der Waals surface area contributed by atoms with Crippen molar-refractivity contribution in [1.82, 2.24) is 4.98 Å². The Balaban J connectivity index is 1.97. The molecule has 0 aliphatic heterocycles. The van der Waals surface area contributed by atoms with Crippen LogP contribution in [0.25, 0.3) is 22.9 Å². The highest BCUT2D eigenvalue weighted by atomic mass is 16.4. The summed E-state index contributed by atoms with van der Waals surface area (Å²) in [6, 6.07) is 16.1. The van der Waals surface area contributed by atoms with Gasteiger partial charge in [-0.1, -0.05) is 42.5 Å². The zero-order valence-corrected chi connectivity index (χ0v) is 13.7. The average Bonchev–Trinajstić information content (AvgIpc) is 3.10. The van der Waals surface area contributed by atoms with E-state index in [1.54, 1.807) is 36.4 Å². The Kier molecular flexibility index (Phi) is 4.80. The van der Waals surface area contributed by atoms with Gasteiger partial charge in [-0.2, -0.15) is 0 Å². The monoisotopic (exact) mass is 348 g/mol. The molecule has 0 radical (unpaired) electrons. The van der Waals surface area contributed by atoms with Crippen LogP contribution in [0.5, 0.6) is 0 Å². The van der Waals surface area contributed by atoms with Crippen molar-refractivity contribution in [2.45, 2.75) is 0 Å². The van der Waals surface area contributed by atoms with Crippen LogP contribution < -0.4 is 11.5 Å². The van der Waals surface area contributed by atoms with E-state index in [0.29, 0.717) is 16.9 Å². The number of oxazole rings is 1. The summed E-state index contributed by atoms with van der Waals surface area (Å²) in [6.45, 7) is 0. The summed E-state index contributed by atoms with van der Waals surface area (Å²) in [6.07, 6.45) is 2.90. The van der Waals surface area contributed by atoms with Gasteiger partial charge in [0.1, 0.15) is 17.5 Å². The van der Waals surface area contributed by atoms with Crippen molar-refractivity contribution in [2.75, 3.05) is 0 Å². The molecule has 2 aromatic carbocycles. The number of carboxylic acid groups (broad SMARTS) is 1. The molecule has 0 spiro atoms. The Morgan fingerprint density at radius 3 is 2.58 bits per heavy atom. The topological polar surface area (TPSA) is 128 Å². The number of guanidine groups is 1. The molecule has 1 heterocycles. The minimum atomic E-state index is -1.13. The van der Waals surface area contributed by atoms with Gasteiger partial charge in [0.15, 0.2) is 5.96 Å². The van der Waals surface area contributed by atoms with Gasteiger partial charge >= 0.3 is 5.97 Å². The fourth-order valence-electron chi connectivity index (χ4n) is 2.34. The minimum Gasteiger partial charge on any atom is -0.477 e. The number of rotatable bonds is 5. The van der Waals surface area contributed by atoms with Crippen LogP contribution in [0.1, 0.15) is 11.5 Å². The van der Waals surface area contributed by atoms with Crippen molar-refractivity contribution in [2.24, 2.45) is 16.5 Å². The number of aromatic nitrogens is 1. The summed E-state index contributed by atoms with van der Waals surface area (Å²) >= 11 is 0. The number of nitrogens with two attached hydrogens (primary N) is 2. The Hall–Kier alpha value is -3.87. The van der Waals surface area contributed by atoms with E-state index in [1.165, 1.54) is 12.3 Å². The maximum Gasteiger partial charge on any atom is 0.341 e.